The van der Waals surface area contributed by atoms with Crippen LogP contribution in [0.1, 0.15) is 99.8 Å². The maximum atomic E-state index is 10.5. The zero-order valence-electron chi connectivity index (χ0n) is 21.4. The molecule has 31 heavy (non-hydrogen) atoms. The summed E-state index contributed by atoms with van der Waals surface area (Å²) in [6.45, 7) is 21.5. The standard InChI is InChI=1S/C30H48O/c1-19(2)20(3)9-10-21(4)23-13-17-30(8)26-12-11-24-22(5)27(31)15-16-28(24,6)25(26)14-18-29(23,30)7/h12,14,19,21-24,27,31H,3,9-11,13,15-18H2,1-2,4-8H3/t21-,22+,23-,24?,27+,28+,29-,30+/m1/s1. The highest BCUT2D eigenvalue weighted by Crippen LogP contribution is 2.70. The van der Waals surface area contributed by atoms with E-state index in [1.165, 1.54) is 37.7 Å². The van der Waals surface area contributed by atoms with Crippen LogP contribution in [0.5, 0.6) is 0 Å². The van der Waals surface area contributed by atoms with E-state index in [1.807, 2.05) is 0 Å². The van der Waals surface area contributed by atoms with E-state index >= 15 is 0 Å². The summed E-state index contributed by atoms with van der Waals surface area (Å²) < 4.78 is 0. The fourth-order valence-electron chi connectivity index (χ4n) is 8.49. The van der Waals surface area contributed by atoms with E-state index in [-0.39, 0.29) is 11.5 Å². The maximum absolute atomic E-state index is 10.5. The molecule has 0 spiro atoms. The van der Waals surface area contributed by atoms with Crippen molar-refractivity contribution in [3.05, 3.63) is 35.5 Å². The van der Waals surface area contributed by atoms with Gasteiger partial charge in [0.2, 0.25) is 0 Å². The van der Waals surface area contributed by atoms with E-state index in [2.05, 4.69) is 67.2 Å². The summed E-state index contributed by atoms with van der Waals surface area (Å²) in [6, 6.07) is 0. The van der Waals surface area contributed by atoms with Gasteiger partial charge >= 0.3 is 0 Å². The topological polar surface area (TPSA) is 20.2 Å². The van der Waals surface area contributed by atoms with Gasteiger partial charge in [0.1, 0.15) is 0 Å². The second kappa shape index (κ2) is 7.89. The third-order valence-corrected chi connectivity index (χ3v) is 11.3. The van der Waals surface area contributed by atoms with Crippen molar-refractivity contribution in [2.75, 3.05) is 0 Å². The van der Waals surface area contributed by atoms with Gasteiger partial charge in [-0.15, -0.1) is 0 Å². The van der Waals surface area contributed by atoms with Crippen LogP contribution in [0.25, 0.3) is 0 Å². The van der Waals surface area contributed by atoms with Crippen LogP contribution in [-0.4, -0.2) is 11.2 Å². The maximum Gasteiger partial charge on any atom is 0.0569 e. The first-order valence-electron chi connectivity index (χ1n) is 13.2. The van der Waals surface area contributed by atoms with Gasteiger partial charge < -0.3 is 5.11 Å². The van der Waals surface area contributed by atoms with Gasteiger partial charge in [-0.25, -0.2) is 0 Å². The summed E-state index contributed by atoms with van der Waals surface area (Å²) >= 11 is 0. The zero-order chi connectivity index (χ0) is 22.8. The van der Waals surface area contributed by atoms with Gasteiger partial charge in [-0.3, -0.25) is 0 Å². The molecule has 0 amide bonds. The molecule has 8 atom stereocenters. The molecule has 0 aromatic heterocycles. The molecule has 1 nitrogen and oxygen atoms in total. The molecular formula is C30H48O. The van der Waals surface area contributed by atoms with Gasteiger partial charge in [-0.1, -0.05) is 72.8 Å². The molecule has 0 heterocycles. The quantitative estimate of drug-likeness (QED) is 0.442. The van der Waals surface area contributed by atoms with Gasteiger partial charge in [0.25, 0.3) is 0 Å². The fourth-order valence-corrected chi connectivity index (χ4v) is 8.49. The van der Waals surface area contributed by atoms with Crippen LogP contribution in [0, 0.1) is 45.8 Å². The van der Waals surface area contributed by atoms with Crippen LogP contribution < -0.4 is 0 Å². The SMILES string of the molecule is C=C(CC[C@@H](C)[C@H]1CC[C@@]2(C)C3=CCC4[C@H](C)[C@@H](O)CC[C@]4(C)C3=CC[C@]12C)C(C)C. The number of aliphatic hydroxyl groups excluding tert-OH is 1. The largest absolute Gasteiger partial charge is 0.393 e. The predicted molar refractivity (Wildman–Crippen MR) is 133 cm³/mol. The molecule has 4 aliphatic rings. The van der Waals surface area contributed by atoms with Crippen molar-refractivity contribution in [2.45, 2.75) is 106 Å². The number of hydrogen-bond acceptors (Lipinski definition) is 1. The molecular weight excluding hydrogens is 376 g/mol. The van der Waals surface area contributed by atoms with Crippen LogP contribution >= 0.6 is 0 Å². The summed E-state index contributed by atoms with van der Waals surface area (Å²) in [5.74, 6) is 3.17. The Morgan fingerprint density at radius 2 is 1.81 bits per heavy atom. The molecule has 1 N–H and O–H groups in total. The van der Waals surface area contributed by atoms with Crippen molar-refractivity contribution in [1.82, 2.24) is 0 Å². The second-order valence-electron chi connectivity index (χ2n) is 12.9. The van der Waals surface area contributed by atoms with Gasteiger partial charge in [0.15, 0.2) is 0 Å². The minimum Gasteiger partial charge on any atom is -0.393 e. The molecule has 1 heteroatoms. The predicted octanol–water partition coefficient (Wildman–Crippen LogP) is 8.11. The molecule has 0 bridgehead atoms. The lowest BCUT2D eigenvalue weighted by Gasteiger charge is -2.58. The van der Waals surface area contributed by atoms with Crippen molar-refractivity contribution in [2.24, 2.45) is 45.8 Å². The molecule has 0 radical (unpaired) electrons. The van der Waals surface area contributed by atoms with Gasteiger partial charge in [0, 0.05) is 0 Å². The Kier molecular flexibility index (Phi) is 5.94. The van der Waals surface area contributed by atoms with Crippen molar-refractivity contribution >= 4 is 0 Å². The first kappa shape index (κ1) is 23.3. The minimum absolute atomic E-state index is 0.115. The van der Waals surface area contributed by atoms with Crippen molar-refractivity contribution in [3.8, 4) is 0 Å². The summed E-state index contributed by atoms with van der Waals surface area (Å²) in [4.78, 5) is 0. The Hall–Kier alpha value is -0.820. The lowest BCUT2D eigenvalue weighted by molar-refractivity contribution is -0.0246. The number of aliphatic hydroxyl groups is 1. The summed E-state index contributed by atoms with van der Waals surface area (Å²) in [5.41, 5.74) is 5.72. The molecule has 2 fully saturated rings. The van der Waals surface area contributed by atoms with E-state index in [4.69, 9.17) is 0 Å². The number of rotatable bonds is 5. The smallest absolute Gasteiger partial charge is 0.0569 e. The third-order valence-electron chi connectivity index (χ3n) is 11.3. The van der Waals surface area contributed by atoms with Crippen LogP contribution in [0.15, 0.2) is 35.5 Å². The van der Waals surface area contributed by atoms with Gasteiger partial charge in [-0.05, 0) is 108 Å². The molecule has 2 saturated carbocycles. The van der Waals surface area contributed by atoms with Crippen molar-refractivity contribution in [3.63, 3.8) is 0 Å². The average molecular weight is 425 g/mol. The summed E-state index contributed by atoms with van der Waals surface area (Å²) in [7, 11) is 0. The minimum atomic E-state index is -0.115. The highest BCUT2D eigenvalue weighted by atomic mass is 16.3. The highest BCUT2D eigenvalue weighted by Gasteiger charge is 2.61. The van der Waals surface area contributed by atoms with Crippen molar-refractivity contribution < 1.29 is 5.11 Å². The Bertz CT molecular complexity index is 786. The van der Waals surface area contributed by atoms with E-state index in [9.17, 15) is 5.11 Å². The van der Waals surface area contributed by atoms with Gasteiger partial charge in [-0.2, -0.15) is 0 Å². The molecule has 0 aliphatic heterocycles. The number of fused-ring (bicyclic) bond motifs is 5. The normalized spacial score (nSPS) is 45.3. The van der Waals surface area contributed by atoms with E-state index < -0.39 is 0 Å². The lowest BCUT2D eigenvalue weighted by Crippen LogP contribution is -2.50. The summed E-state index contributed by atoms with van der Waals surface area (Å²) in [6.07, 6.45) is 14.9. The molecule has 0 aromatic carbocycles. The van der Waals surface area contributed by atoms with Crippen molar-refractivity contribution in [1.29, 1.82) is 0 Å². The Morgan fingerprint density at radius 1 is 1.10 bits per heavy atom. The van der Waals surface area contributed by atoms with E-state index in [1.54, 1.807) is 11.1 Å². The van der Waals surface area contributed by atoms with Crippen LogP contribution in [0.4, 0.5) is 0 Å². The first-order chi connectivity index (χ1) is 14.5. The monoisotopic (exact) mass is 424 g/mol. The molecule has 1 unspecified atom stereocenters. The Labute approximate surface area is 192 Å². The highest BCUT2D eigenvalue weighted by molar-refractivity contribution is 5.49. The molecule has 0 aromatic rings. The lowest BCUT2D eigenvalue weighted by atomic mass is 9.46. The first-order valence-corrected chi connectivity index (χ1v) is 13.2. The Balaban J connectivity index is 1.61. The molecule has 4 rings (SSSR count). The van der Waals surface area contributed by atoms with E-state index in [0.717, 1.165) is 31.1 Å². The summed E-state index contributed by atoms with van der Waals surface area (Å²) in [5, 5.41) is 10.5. The van der Waals surface area contributed by atoms with Gasteiger partial charge in [0.05, 0.1) is 6.10 Å². The number of hydrogen-bond donors (Lipinski definition) is 1. The average Bonchev–Trinajstić information content (AvgIpc) is 3.00. The fraction of sp³-hybridized carbons (Fsp3) is 0.800. The Morgan fingerprint density at radius 3 is 2.48 bits per heavy atom. The molecule has 0 saturated heterocycles. The zero-order valence-corrected chi connectivity index (χ0v) is 21.4. The second-order valence-corrected chi connectivity index (χ2v) is 12.9. The van der Waals surface area contributed by atoms with Crippen LogP contribution in [0.3, 0.4) is 0 Å². The van der Waals surface area contributed by atoms with Crippen LogP contribution in [-0.2, 0) is 0 Å². The van der Waals surface area contributed by atoms with Crippen LogP contribution in [0.2, 0.25) is 0 Å². The number of allylic oxidation sites excluding steroid dienone is 5. The van der Waals surface area contributed by atoms with E-state index in [0.29, 0.717) is 28.6 Å². The third kappa shape index (κ3) is 3.35. The molecule has 174 valence electrons. The molecule has 4 aliphatic carbocycles.